The van der Waals surface area contributed by atoms with E-state index < -0.39 is 0 Å². The van der Waals surface area contributed by atoms with Gasteiger partial charge < -0.3 is 10.6 Å². The Morgan fingerprint density at radius 3 is 2.12 bits per heavy atom. The molecule has 0 saturated heterocycles. The molecule has 0 amide bonds. The van der Waals surface area contributed by atoms with E-state index in [1.54, 1.807) is 0 Å². The molecule has 0 spiro atoms. The summed E-state index contributed by atoms with van der Waals surface area (Å²) < 4.78 is 0. The zero-order chi connectivity index (χ0) is 33.7. The summed E-state index contributed by atoms with van der Waals surface area (Å²) in [6.45, 7) is 4.06. The van der Waals surface area contributed by atoms with Crippen molar-refractivity contribution >= 4 is 32.8 Å². The molecule has 6 aromatic carbocycles. The monoisotopic (exact) mass is 646 g/mol. The van der Waals surface area contributed by atoms with Gasteiger partial charge >= 0.3 is 0 Å². The molecule has 0 heterocycles. The average molecular weight is 647 g/mol. The summed E-state index contributed by atoms with van der Waals surface area (Å²) >= 11 is 0. The van der Waals surface area contributed by atoms with Gasteiger partial charge in [0.1, 0.15) is 0 Å². The highest BCUT2D eigenvalue weighted by atomic mass is 14.9. The number of fused-ring (bicyclic) bond motifs is 2. The van der Waals surface area contributed by atoms with Crippen molar-refractivity contribution in [1.29, 1.82) is 0 Å². The fraction of sp³-hybridized carbons (Fsp3) is 0.125. The number of rotatable bonds is 10. The minimum Gasteiger partial charge on any atom is -0.388 e. The molecule has 2 aliphatic carbocycles. The van der Waals surface area contributed by atoms with Crippen molar-refractivity contribution in [2.75, 3.05) is 5.32 Å². The largest absolute Gasteiger partial charge is 0.388 e. The Hall–Kier alpha value is -5.86. The lowest BCUT2D eigenvalue weighted by atomic mass is 9.83. The lowest BCUT2D eigenvalue weighted by Crippen LogP contribution is -2.34. The van der Waals surface area contributed by atoms with Crippen LogP contribution in [0.5, 0.6) is 0 Å². The first-order chi connectivity index (χ1) is 24.7. The molecule has 2 N–H and O–H groups in total. The summed E-state index contributed by atoms with van der Waals surface area (Å²) in [5.74, 6) is 0.332. The van der Waals surface area contributed by atoms with Crippen LogP contribution in [-0.4, -0.2) is 6.04 Å². The van der Waals surface area contributed by atoms with Crippen LogP contribution in [0, 0.1) is 5.92 Å². The van der Waals surface area contributed by atoms with Gasteiger partial charge in [-0.2, -0.15) is 0 Å². The van der Waals surface area contributed by atoms with Gasteiger partial charge in [-0.1, -0.05) is 164 Å². The molecule has 50 heavy (non-hydrogen) atoms. The Balaban J connectivity index is 1.01. The normalized spacial score (nSPS) is 16.3. The van der Waals surface area contributed by atoms with E-state index >= 15 is 0 Å². The van der Waals surface area contributed by atoms with Crippen molar-refractivity contribution in [3.63, 3.8) is 0 Å². The molecule has 244 valence electrons. The predicted molar refractivity (Wildman–Crippen MR) is 215 cm³/mol. The van der Waals surface area contributed by atoms with Crippen molar-refractivity contribution in [3.05, 3.63) is 193 Å². The molecule has 0 fully saturated rings. The summed E-state index contributed by atoms with van der Waals surface area (Å²) in [6, 6.07) is 48.4. The molecule has 0 aliphatic heterocycles. The van der Waals surface area contributed by atoms with Crippen LogP contribution in [0.3, 0.4) is 0 Å². The van der Waals surface area contributed by atoms with Gasteiger partial charge in [-0.15, -0.1) is 0 Å². The van der Waals surface area contributed by atoms with Crippen LogP contribution < -0.4 is 10.6 Å². The maximum atomic E-state index is 4.06. The molecule has 2 unspecified atom stereocenters. The summed E-state index contributed by atoms with van der Waals surface area (Å²) in [5, 5.41) is 12.6. The van der Waals surface area contributed by atoms with Gasteiger partial charge in [0, 0.05) is 28.9 Å². The summed E-state index contributed by atoms with van der Waals surface area (Å²) in [5.41, 5.74) is 11.6. The lowest BCUT2D eigenvalue weighted by molar-refractivity contribution is 0.436. The molecule has 8 rings (SSSR count). The molecule has 2 aliphatic rings. The van der Waals surface area contributed by atoms with Crippen molar-refractivity contribution in [3.8, 4) is 22.3 Å². The molecule has 0 radical (unpaired) electrons. The maximum absolute atomic E-state index is 4.06. The second-order valence-electron chi connectivity index (χ2n) is 13.4. The van der Waals surface area contributed by atoms with Gasteiger partial charge in [-0.05, 0) is 93.4 Å². The molecule has 2 atom stereocenters. The van der Waals surface area contributed by atoms with Gasteiger partial charge in [0.25, 0.3) is 0 Å². The van der Waals surface area contributed by atoms with E-state index in [4.69, 9.17) is 0 Å². The quantitative estimate of drug-likeness (QED) is 0.155. The average Bonchev–Trinajstić information content (AvgIpc) is 3.18. The zero-order valence-corrected chi connectivity index (χ0v) is 28.4. The molecule has 2 nitrogen and oxygen atoms in total. The van der Waals surface area contributed by atoms with Crippen LogP contribution in [0.4, 0.5) is 5.69 Å². The Morgan fingerprint density at radius 1 is 0.640 bits per heavy atom. The molecule has 0 bridgehead atoms. The molecule has 6 aromatic rings. The molecular weight excluding hydrogens is 605 g/mol. The van der Waals surface area contributed by atoms with Crippen molar-refractivity contribution < 1.29 is 0 Å². The summed E-state index contributed by atoms with van der Waals surface area (Å²) in [7, 11) is 0. The van der Waals surface area contributed by atoms with Crippen molar-refractivity contribution in [1.82, 2.24) is 5.32 Å². The highest BCUT2D eigenvalue weighted by Crippen LogP contribution is 2.41. The minimum atomic E-state index is 0.259. The third kappa shape index (κ3) is 6.58. The van der Waals surface area contributed by atoms with E-state index in [0.717, 1.165) is 31.4 Å². The number of allylic oxidation sites excluding steroid dienone is 6. The van der Waals surface area contributed by atoms with Gasteiger partial charge in [0.05, 0.1) is 0 Å². The summed E-state index contributed by atoms with van der Waals surface area (Å²) in [4.78, 5) is 0. The highest BCUT2D eigenvalue weighted by Gasteiger charge is 2.24. The molecule has 2 heteroatoms. The minimum absolute atomic E-state index is 0.259. The van der Waals surface area contributed by atoms with E-state index in [0.29, 0.717) is 5.92 Å². The SMILES string of the molecule is C=CNC(CC1=CC=C(c2ccc(-c3ccccc3)cc2)CC1)C1C=CC=C(Nc2ccc3ccccc3c2-c2cccc3ccccc23)C1. The third-order valence-corrected chi connectivity index (χ3v) is 10.3. The first kappa shape index (κ1) is 31.4. The number of hydrogen-bond donors (Lipinski definition) is 2. The topological polar surface area (TPSA) is 24.1 Å². The van der Waals surface area contributed by atoms with Crippen LogP contribution in [0.2, 0.25) is 0 Å². The van der Waals surface area contributed by atoms with Gasteiger partial charge in [-0.3, -0.25) is 0 Å². The van der Waals surface area contributed by atoms with Crippen LogP contribution in [0.1, 0.15) is 31.2 Å². The maximum Gasteiger partial charge on any atom is 0.0468 e. The predicted octanol–water partition coefficient (Wildman–Crippen LogP) is 12.5. The second kappa shape index (κ2) is 14.3. The molecule has 0 aromatic heterocycles. The Bertz CT molecular complexity index is 2280. The number of anilines is 1. The zero-order valence-electron chi connectivity index (χ0n) is 28.4. The lowest BCUT2D eigenvalue weighted by Gasteiger charge is -2.30. The third-order valence-electron chi connectivity index (χ3n) is 10.3. The summed E-state index contributed by atoms with van der Waals surface area (Å²) in [6.07, 6.45) is 17.4. The van der Waals surface area contributed by atoms with Crippen molar-refractivity contribution in [2.24, 2.45) is 5.92 Å². The second-order valence-corrected chi connectivity index (χ2v) is 13.4. The van der Waals surface area contributed by atoms with E-state index in [9.17, 15) is 0 Å². The number of benzene rings is 6. The fourth-order valence-electron chi connectivity index (χ4n) is 7.72. The molecule has 0 saturated carbocycles. The van der Waals surface area contributed by atoms with Gasteiger partial charge in [-0.25, -0.2) is 0 Å². The van der Waals surface area contributed by atoms with Gasteiger partial charge in [0.15, 0.2) is 0 Å². The van der Waals surface area contributed by atoms with E-state index in [1.807, 2.05) is 6.20 Å². The Morgan fingerprint density at radius 2 is 1.34 bits per heavy atom. The van der Waals surface area contributed by atoms with Crippen LogP contribution in [0.15, 0.2) is 188 Å². The smallest absolute Gasteiger partial charge is 0.0468 e. The van der Waals surface area contributed by atoms with Gasteiger partial charge in [0.2, 0.25) is 0 Å². The Kier molecular flexibility index (Phi) is 9.00. The van der Waals surface area contributed by atoms with Crippen LogP contribution in [0.25, 0.3) is 49.4 Å². The van der Waals surface area contributed by atoms with Crippen LogP contribution in [-0.2, 0) is 0 Å². The van der Waals surface area contributed by atoms with Crippen LogP contribution >= 0.6 is 0 Å². The number of nitrogens with one attached hydrogen (secondary N) is 2. The van der Waals surface area contributed by atoms with E-state index in [1.165, 1.54) is 66.2 Å². The fourth-order valence-corrected chi connectivity index (χ4v) is 7.72. The number of hydrogen-bond acceptors (Lipinski definition) is 2. The first-order valence-corrected chi connectivity index (χ1v) is 17.8. The molecular formula is C48H42N2. The van der Waals surface area contributed by atoms with Crippen molar-refractivity contribution in [2.45, 2.75) is 31.7 Å². The highest BCUT2D eigenvalue weighted by molar-refractivity contribution is 6.10. The van der Waals surface area contributed by atoms with E-state index in [2.05, 4.69) is 181 Å². The Labute approximate surface area is 295 Å². The first-order valence-electron chi connectivity index (χ1n) is 17.8. The standard InChI is InChI=1S/C48H42N2/c1-2-49-47(32-34-22-24-36(25-23-34)38-28-26-37(27-29-38)35-12-4-3-5-13-35)41-17-10-18-42(33-41)50-46-31-30-40-15-7-9-20-44(40)48(46)45-21-11-16-39-14-6-8-19-43(39)45/h2-22,24,26-31,41,47,49-50H,1,23,25,32-33H2. The van der Waals surface area contributed by atoms with E-state index in [-0.39, 0.29) is 6.04 Å².